The van der Waals surface area contributed by atoms with Crippen molar-refractivity contribution in [2.75, 3.05) is 13.2 Å². The average molecular weight is 500 g/mol. The SMILES string of the molecule is O=C(O)Cc1cn(CC(=O)O)c2c(/C=C/c3ccc(OCCCCOc4ccccc4)cc3)cccc12. The van der Waals surface area contributed by atoms with E-state index in [0.29, 0.717) is 24.3 Å². The number of carboxylic acid groups (broad SMARTS) is 2. The Hall–Kier alpha value is -4.52. The van der Waals surface area contributed by atoms with Crippen molar-refractivity contribution in [1.82, 2.24) is 4.57 Å². The third-order valence-electron chi connectivity index (χ3n) is 5.81. The summed E-state index contributed by atoms with van der Waals surface area (Å²) in [5, 5.41) is 19.3. The van der Waals surface area contributed by atoms with Crippen LogP contribution < -0.4 is 9.47 Å². The lowest BCUT2D eigenvalue weighted by Crippen LogP contribution is -2.08. The number of nitrogens with zero attached hydrogens (tertiary/aromatic N) is 1. The second-order valence-electron chi connectivity index (χ2n) is 8.61. The molecule has 4 aromatic rings. The van der Waals surface area contributed by atoms with Crippen molar-refractivity contribution in [2.24, 2.45) is 0 Å². The van der Waals surface area contributed by atoms with Crippen molar-refractivity contribution in [3.8, 4) is 11.5 Å². The van der Waals surface area contributed by atoms with E-state index in [1.54, 1.807) is 10.8 Å². The molecule has 0 spiro atoms. The monoisotopic (exact) mass is 499 g/mol. The van der Waals surface area contributed by atoms with Crippen LogP contribution in [0.4, 0.5) is 0 Å². The van der Waals surface area contributed by atoms with Crippen LogP contribution in [0, 0.1) is 0 Å². The van der Waals surface area contributed by atoms with E-state index in [0.717, 1.165) is 40.9 Å². The van der Waals surface area contributed by atoms with Crippen LogP contribution in [0.2, 0.25) is 0 Å². The second-order valence-corrected chi connectivity index (χ2v) is 8.61. The summed E-state index contributed by atoms with van der Waals surface area (Å²) in [7, 11) is 0. The fourth-order valence-corrected chi connectivity index (χ4v) is 4.13. The third kappa shape index (κ3) is 7.24. The zero-order valence-corrected chi connectivity index (χ0v) is 20.4. The number of carbonyl (C=O) groups is 2. The maximum Gasteiger partial charge on any atom is 0.323 e. The standard InChI is InChI=1S/C30H29NO6/c32-28(33)19-24-20-31(21-29(34)35)30-23(7-6-10-27(24)30)14-11-22-12-15-26(16-13-22)37-18-5-4-17-36-25-8-2-1-3-9-25/h1-3,6-16,20H,4-5,17-19,21H2,(H,32,33)(H,34,35)/b14-11+. The van der Waals surface area contributed by atoms with E-state index in [2.05, 4.69) is 0 Å². The Bertz CT molecular complexity index is 1370. The van der Waals surface area contributed by atoms with Gasteiger partial charge in [-0.15, -0.1) is 0 Å². The summed E-state index contributed by atoms with van der Waals surface area (Å²) in [4.78, 5) is 22.7. The molecule has 7 nitrogen and oxygen atoms in total. The van der Waals surface area contributed by atoms with Gasteiger partial charge in [-0.1, -0.05) is 60.7 Å². The predicted octanol–water partition coefficient (Wildman–Crippen LogP) is 5.76. The van der Waals surface area contributed by atoms with Crippen molar-refractivity contribution in [3.05, 3.63) is 95.7 Å². The molecule has 0 aliphatic rings. The molecule has 0 amide bonds. The molecule has 0 unspecified atom stereocenters. The minimum atomic E-state index is -0.989. The maximum absolute atomic E-state index is 11.4. The van der Waals surface area contributed by atoms with Crippen molar-refractivity contribution in [3.63, 3.8) is 0 Å². The molecule has 190 valence electrons. The van der Waals surface area contributed by atoms with Crippen LogP contribution in [-0.4, -0.2) is 39.9 Å². The first-order valence-corrected chi connectivity index (χ1v) is 12.1. The summed E-state index contributed by atoms with van der Waals surface area (Å²) in [6.07, 6.45) is 7.08. The first-order chi connectivity index (χ1) is 18.0. The Morgan fingerprint density at radius 1 is 0.757 bits per heavy atom. The zero-order chi connectivity index (χ0) is 26.0. The van der Waals surface area contributed by atoms with Gasteiger partial charge < -0.3 is 24.3 Å². The van der Waals surface area contributed by atoms with Crippen molar-refractivity contribution in [2.45, 2.75) is 25.8 Å². The highest BCUT2D eigenvalue weighted by atomic mass is 16.5. The van der Waals surface area contributed by atoms with E-state index in [1.807, 2.05) is 84.9 Å². The van der Waals surface area contributed by atoms with Gasteiger partial charge in [0.25, 0.3) is 0 Å². The summed E-state index contributed by atoms with van der Waals surface area (Å²) >= 11 is 0. The van der Waals surface area contributed by atoms with Gasteiger partial charge in [-0.2, -0.15) is 0 Å². The molecule has 3 aromatic carbocycles. The molecule has 2 N–H and O–H groups in total. The van der Waals surface area contributed by atoms with Gasteiger partial charge in [0, 0.05) is 11.6 Å². The minimum Gasteiger partial charge on any atom is -0.494 e. The lowest BCUT2D eigenvalue weighted by molar-refractivity contribution is -0.138. The van der Waals surface area contributed by atoms with Gasteiger partial charge >= 0.3 is 11.9 Å². The molecular weight excluding hydrogens is 470 g/mol. The van der Waals surface area contributed by atoms with Gasteiger partial charge in [-0.05, 0) is 53.8 Å². The molecule has 4 rings (SSSR count). The lowest BCUT2D eigenvalue weighted by atomic mass is 10.1. The molecule has 1 aromatic heterocycles. The van der Waals surface area contributed by atoms with E-state index >= 15 is 0 Å². The number of benzene rings is 3. The van der Waals surface area contributed by atoms with Gasteiger partial charge in [0.2, 0.25) is 0 Å². The lowest BCUT2D eigenvalue weighted by Gasteiger charge is -2.08. The topological polar surface area (TPSA) is 98.0 Å². The molecule has 0 radical (unpaired) electrons. The van der Waals surface area contributed by atoms with E-state index in [-0.39, 0.29) is 13.0 Å². The molecule has 0 saturated carbocycles. The van der Waals surface area contributed by atoms with E-state index in [9.17, 15) is 19.8 Å². The number of unbranched alkanes of at least 4 members (excludes halogenated alkanes) is 1. The maximum atomic E-state index is 11.4. The number of rotatable bonds is 13. The van der Waals surface area contributed by atoms with Gasteiger partial charge in [0.05, 0.1) is 25.2 Å². The van der Waals surface area contributed by atoms with E-state index < -0.39 is 11.9 Å². The predicted molar refractivity (Wildman–Crippen MR) is 143 cm³/mol. The van der Waals surface area contributed by atoms with Gasteiger partial charge in [-0.3, -0.25) is 9.59 Å². The normalized spacial score (nSPS) is 11.1. The molecule has 1 heterocycles. The van der Waals surface area contributed by atoms with Crippen molar-refractivity contribution < 1.29 is 29.3 Å². The van der Waals surface area contributed by atoms with Gasteiger partial charge in [0.15, 0.2) is 0 Å². The molecule has 37 heavy (non-hydrogen) atoms. The van der Waals surface area contributed by atoms with Crippen LogP contribution in [0.25, 0.3) is 23.1 Å². The number of carboxylic acids is 2. The van der Waals surface area contributed by atoms with Crippen LogP contribution >= 0.6 is 0 Å². The molecule has 0 aliphatic carbocycles. The smallest absolute Gasteiger partial charge is 0.323 e. The zero-order valence-electron chi connectivity index (χ0n) is 20.4. The van der Waals surface area contributed by atoms with Crippen LogP contribution in [0.15, 0.2) is 79.0 Å². The molecule has 0 atom stereocenters. The first-order valence-electron chi connectivity index (χ1n) is 12.1. The van der Waals surface area contributed by atoms with Crippen molar-refractivity contribution in [1.29, 1.82) is 0 Å². The molecule has 0 fully saturated rings. The Morgan fingerprint density at radius 2 is 1.43 bits per heavy atom. The number of aromatic nitrogens is 1. The Balaban J connectivity index is 1.36. The van der Waals surface area contributed by atoms with Crippen molar-refractivity contribution >= 4 is 35.0 Å². The number of hydrogen-bond donors (Lipinski definition) is 2. The fourth-order valence-electron chi connectivity index (χ4n) is 4.13. The van der Waals surface area contributed by atoms with E-state index in [4.69, 9.17) is 9.47 Å². The molecule has 7 heteroatoms. The molecule has 0 saturated heterocycles. The van der Waals surface area contributed by atoms with Crippen LogP contribution in [0.3, 0.4) is 0 Å². The largest absolute Gasteiger partial charge is 0.494 e. The molecule has 0 bridgehead atoms. The minimum absolute atomic E-state index is 0.169. The highest BCUT2D eigenvalue weighted by Crippen LogP contribution is 2.27. The highest BCUT2D eigenvalue weighted by molar-refractivity contribution is 5.95. The summed E-state index contributed by atoms with van der Waals surface area (Å²) < 4.78 is 13.1. The molecular formula is C30H29NO6. The number of para-hydroxylation sites is 2. The van der Waals surface area contributed by atoms with Crippen LogP contribution in [0.1, 0.15) is 29.5 Å². The Morgan fingerprint density at radius 3 is 2.08 bits per heavy atom. The summed E-state index contributed by atoms with van der Waals surface area (Å²) in [5.41, 5.74) is 3.07. The molecule has 0 aliphatic heterocycles. The number of fused-ring (bicyclic) bond motifs is 1. The van der Waals surface area contributed by atoms with Gasteiger partial charge in [-0.25, -0.2) is 0 Å². The van der Waals surface area contributed by atoms with Crippen LogP contribution in [0.5, 0.6) is 11.5 Å². The number of hydrogen-bond acceptors (Lipinski definition) is 4. The highest BCUT2D eigenvalue weighted by Gasteiger charge is 2.15. The average Bonchev–Trinajstić information content (AvgIpc) is 3.22. The summed E-state index contributed by atoms with van der Waals surface area (Å²) in [6, 6.07) is 23.0. The quantitative estimate of drug-likeness (QED) is 0.179. The summed E-state index contributed by atoms with van der Waals surface area (Å²) in [5.74, 6) is -0.286. The van der Waals surface area contributed by atoms with E-state index in [1.165, 1.54) is 0 Å². The fraction of sp³-hybridized carbons (Fsp3) is 0.200. The number of ether oxygens (including phenoxy) is 2. The second kappa shape index (κ2) is 12.4. The van der Waals surface area contributed by atoms with Crippen LogP contribution in [-0.2, 0) is 22.6 Å². The summed E-state index contributed by atoms with van der Waals surface area (Å²) in [6.45, 7) is 1.01. The Labute approximate surface area is 215 Å². The number of aliphatic carboxylic acids is 2. The first kappa shape index (κ1) is 25.6. The Kier molecular flexibility index (Phi) is 8.60. The third-order valence-corrected chi connectivity index (χ3v) is 5.81. The van der Waals surface area contributed by atoms with Gasteiger partial charge in [0.1, 0.15) is 18.0 Å².